The molecule has 0 N–H and O–H groups in total. The largest absolute Gasteiger partial charge is 0.449 e. The number of hydrogen-bond acceptors (Lipinski definition) is 4. The third-order valence-corrected chi connectivity index (χ3v) is 4.76. The van der Waals surface area contributed by atoms with Crippen molar-refractivity contribution in [2.45, 2.75) is 32.4 Å². The minimum atomic E-state index is -0.888. The first-order chi connectivity index (χ1) is 13.5. The van der Waals surface area contributed by atoms with Gasteiger partial charge in [0.25, 0.3) is 5.91 Å². The molecule has 6 nitrogen and oxygen atoms in total. The highest BCUT2D eigenvalue weighted by atomic mass is 16.5. The van der Waals surface area contributed by atoms with Gasteiger partial charge in [-0.25, -0.2) is 4.79 Å². The number of rotatable bonds is 6. The lowest BCUT2D eigenvalue weighted by molar-refractivity contribution is -0.139. The Balaban J connectivity index is 1.57. The van der Waals surface area contributed by atoms with Gasteiger partial charge in [-0.05, 0) is 43.2 Å². The SMILES string of the molecule is CC(OC(=O)c1ccc(N2CCCC2=O)cc1)C(=O)N(C)Cc1ccccc1. The number of ether oxygens (including phenoxy) is 1. The molecule has 146 valence electrons. The molecule has 0 spiro atoms. The third kappa shape index (κ3) is 4.57. The second-order valence-electron chi connectivity index (χ2n) is 6.92. The molecule has 1 heterocycles. The summed E-state index contributed by atoms with van der Waals surface area (Å²) in [4.78, 5) is 39.9. The second kappa shape index (κ2) is 8.69. The zero-order chi connectivity index (χ0) is 20.1. The van der Waals surface area contributed by atoms with E-state index < -0.39 is 12.1 Å². The maximum absolute atomic E-state index is 12.5. The van der Waals surface area contributed by atoms with E-state index in [1.54, 1.807) is 43.1 Å². The van der Waals surface area contributed by atoms with Crippen LogP contribution in [-0.2, 0) is 20.9 Å². The molecule has 0 bridgehead atoms. The summed E-state index contributed by atoms with van der Waals surface area (Å²) in [7, 11) is 1.68. The highest BCUT2D eigenvalue weighted by Crippen LogP contribution is 2.22. The van der Waals surface area contributed by atoms with Crippen molar-refractivity contribution in [3.8, 4) is 0 Å². The zero-order valence-corrected chi connectivity index (χ0v) is 16.1. The van der Waals surface area contributed by atoms with Gasteiger partial charge in [0.2, 0.25) is 5.91 Å². The third-order valence-electron chi connectivity index (χ3n) is 4.76. The fraction of sp³-hybridized carbons (Fsp3) is 0.318. The number of esters is 1. The van der Waals surface area contributed by atoms with E-state index in [1.165, 1.54) is 4.90 Å². The molecule has 6 heteroatoms. The van der Waals surface area contributed by atoms with Crippen LogP contribution in [0.5, 0.6) is 0 Å². The summed E-state index contributed by atoms with van der Waals surface area (Å²) in [5.41, 5.74) is 2.12. The number of nitrogens with zero attached hydrogens (tertiary/aromatic N) is 2. The Labute approximate surface area is 164 Å². The molecule has 3 rings (SSSR count). The first kappa shape index (κ1) is 19.6. The van der Waals surface area contributed by atoms with Crippen molar-refractivity contribution in [1.82, 2.24) is 4.90 Å². The van der Waals surface area contributed by atoms with Gasteiger partial charge < -0.3 is 14.5 Å². The van der Waals surface area contributed by atoms with E-state index >= 15 is 0 Å². The van der Waals surface area contributed by atoms with E-state index in [0.717, 1.165) is 17.7 Å². The van der Waals surface area contributed by atoms with Crippen LogP contribution >= 0.6 is 0 Å². The lowest BCUT2D eigenvalue weighted by Crippen LogP contribution is -2.37. The lowest BCUT2D eigenvalue weighted by Gasteiger charge is -2.21. The average Bonchev–Trinajstić information content (AvgIpc) is 3.14. The summed E-state index contributed by atoms with van der Waals surface area (Å²) in [6.07, 6.45) is 0.514. The summed E-state index contributed by atoms with van der Waals surface area (Å²) in [5.74, 6) is -0.735. The monoisotopic (exact) mass is 380 g/mol. The number of carbonyl (C=O) groups is 3. The highest BCUT2D eigenvalue weighted by Gasteiger charge is 2.24. The Morgan fingerprint density at radius 1 is 1.11 bits per heavy atom. The van der Waals surface area contributed by atoms with Crippen LogP contribution in [0.4, 0.5) is 5.69 Å². The minimum absolute atomic E-state index is 0.0935. The molecule has 2 aromatic rings. The van der Waals surface area contributed by atoms with E-state index in [1.807, 2.05) is 30.3 Å². The molecule has 1 unspecified atom stereocenters. The molecule has 1 aliphatic heterocycles. The van der Waals surface area contributed by atoms with Crippen molar-refractivity contribution in [3.05, 3.63) is 65.7 Å². The maximum atomic E-state index is 12.5. The smallest absolute Gasteiger partial charge is 0.338 e. The van der Waals surface area contributed by atoms with Gasteiger partial charge >= 0.3 is 5.97 Å². The number of anilines is 1. The highest BCUT2D eigenvalue weighted by molar-refractivity contribution is 5.96. The fourth-order valence-electron chi connectivity index (χ4n) is 3.22. The fourth-order valence-corrected chi connectivity index (χ4v) is 3.22. The lowest BCUT2D eigenvalue weighted by atomic mass is 10.2. The van der Waals surface area contributed by atoms with Crippen molar-refractivity contribution in [2.24, 2.45) is 0 Å². The first-order valence-corrected chi connectivity index (χ1v) is 9.36. The van der Waals surface area contributed by atoms with Gasteiger partial charge in [-0.15, -0.1) is 0 Å². The second-order valence-corrected chi connectivity index (χ2v) is 6.92. The van der Waals surface area contributed by atoms with E-state index in [2.05, 4.69) is 0 Å². The van der Waals surface area contributed by atoms with E-state index in [9.17, 15) is 14.4 Å². The summed E-state index contributed by atoms with van der Waals surface area (Å²) >= 11 is 0. The number of likely N-dealkylation sites (N-methyl/N-ethyl adjacent to an activating group) is 1. The Kier molecular flexibility index (Phi) is 6.09. The summed E-state index contributed by atoms with van der Waals surface area (Å²) in [5, 5.41) is 0. The molecule has 2 amide bonds. The van der Waals surface area contributed by atoms with Crippen LogP contribution in [0.25, 0.3) is 0 Å². The predicted octanol–water partition coefficient (Wildman–Crippen LogP) is 3.02. The van der Waals surface area contributed by atoms with Crippen LogP contribution in [-0.4, -0.2) is 42.4 Å². The van der Waals surface area contributed by atoms with Crippen LogP contribution in [0.15, 0.2) is 54.6 Å². The van der Waals surface area contributed by atoms with E-state index in [0.29, 0.717) is 25.1 Å². The first-order valence-electron chi connectivity index (χ1n) is 9.36. The molecule has 0 saturated carbocycles. The molecule has 28 heavy (non-hydrogen) atoms. The van der Waals surface area contributed by atoms with Crippen LogP contribution in [0.3, 0.4) is 0 Å². The standard InChI is InChI=1S/C22H24N2O4/c1-16(21(26)23(2)15-17-7-4-3-5-8-17)28-22(27)18-10-12-19(13-11-18)24-14-6-9-20(24)25/h3-5,7-8,10-13,16H,6,9,14-15H2,1-2H3. The molecule has 1 atom stereocenters. The predicted molar refractivity (Wildman–Crippen MR) is 106 cm³/mol. The molecule has 2 aromatic carbocycles. The molecule has 1 fully saturated rings. The van der Waals surface area contributed by atoms with Crippen molar-refractivity contribution >= 4 is 23.5 Å². The van der Waals surface area contributed by atoms with Crippen molar-refractivity contribution < 1.29 is 19.1 Å². The number of carbonyl (C=O) groups excluding carboxylic acids is 3. The number of benzene rings is 2. The molecular weight excluding hydrogens is 356 g/mol. The zero-order valence-electron chi connectivity index (χ0n) is 16.1. The summed E-state index contributed by atoms with van der Waals surface area (Å²) in [6, 6.07) is 16.3. The summed E-state index contributed by atoms with van der Waals surface area (Å²) < 4.78 is 5.33. The number of hydrogen-bond donors (Lipinski definition) is 0. The maximum Gasteiger partial charge on any atom is 0.338 e. The van der Waals surface area contributed by atoms with E-state index in [4.69, 9.17) is 4.74 Å². The molecule has 0 radical (unpaired) electrons. The van der Waals surface area contributed by atoms with Crippen LogP contribution in [0.2, 0.25) is 0 Å². The number of amides is 2. The van der Waals surface area contributed by atoms with Gasteiger partial charge in [0.15, 0.2) is 6.10 Å². The minimum Gasteiger partial charge on any atom is -0.449 e. The van der Waals surface area contributed by atoms with Crippen LogP contribution in [0, 0.1) is 0 Å². The Morgan fingerprint density at radius 2 is 1.79 bits per heavy atom. The van der Waals surface area contributed by atoms with Gasteiger partial charge in [-0.2, -0.15) is 0 Å². The van der Waals surface area contributed by atoms with Gasteiger partial charge in [-0.1, -0.05) is 30.3 Å². The Morgan fingerprint density at radius 3 is 2.39 bits per heavy atom. The molecule has 0 aliphatic carbocycles. The Hall–Kier alpha value is -3.15. The molecule has 0 aromatic heterocycles. The van der Waals surface area contributed by atoms with Crippen LogP contribution in [0.1, 0.15) is 35.7 Å². The normalized spacial score (nSPS) is 14.6. The van der Waals surface area contributed by atoms with Gasteiger partial charge in [-0.3, -0.25) is 9.59 Å². The van der Waals surface area contributed by atoms with Gasteiger partial charge in [0, 0.05) is 32.2 Å². The Bertz CT molecular complexity index is 849. The van der Waals surface area contributed by atoms with Gasteiger partial charge in [0.05, 0.1) is 5.56 Å². The summed E-state index contributed by atoms with van der Waals surface area (Å²) in [6.45, 7) is 2.71. The van der Waals surface area contributed by atoms with Gasteiger partial charge in [0.1, 0.15) is 0 Å². The van der Waals surface area contributed by atoms with Crippen molar-refractivity contribution in [3.63, 3.8) is 0 Å². The average molecular weight is 380 g/mol. The molecule has 1 saturated heterocycles. The quantitative estimate of drug-likeness (QED) is 0.723. The molecule has 1 aliphatic rings. The topological polar surface area (TPSA) is 66.9 Å². The van der Waals surface area contributed by atoms with Crippen LogP contribution < -0.4 is 4.90 Å². The van der Waals surface area contributed by atoms with Crippen molar-refractivity contribution in [1.29, 1.82) is 0 Å². The van der Waals surface area contributed by atoms with E-state index in [-0.39, 0.29) is 11.8 Å². The molecular formula is C22H24N2O4. The van der Waals surface area contributed by atoms with Crippen molar-refractivity contribution in [2.75, 3.05) is 18.5 Å².